The lowest BCUT2D eigenvalue weighted by atomic mass is 9.92. The lowest BCUT2D eigenvalue weighted by molar-refractivity contribution is -0.141. The van der Waals surface area contributed by atoms with Gasteiger partial charge in [-0.05, 0) is 79.1 Å². The van der Waals surface area contributed by atoms with Gasteiger partial charge in [-0.15, -0.1) is 0 Å². The van der Waals surface area contributed by atoms with E-state index < -0.39 is 11.8 Å². The summed E-state index contributed by atoms with van der Waals surface area (Å²) in [6.07, 6.45) is 3.56. The van der Waals surface area contributed by atoms with E-state index in [1.807, 2.05) is 67.7 Å². The maximum atomic E-state index is 13.8. The molecule has 0 N–H and O–H groups in total. The third-order valence-corrected chi connectivity index (χ3v) is 7.08. The lowest BCUT2D eigenvalue weighted by Gasteiger charge is -2.27. The molecule has 2 amide bonds. The molecule has 0 spiro atoms. The third-order valence-electron chi connectivity index (χ3n) is 7.08. The van der Waals surface area contributed by atoms with Gasteiger partial charge >= 0.3 is 0 Å². The summed E-state index contributed by atoms with van der Waals surface area (Å²) in [5, 5.41) is 14.8. The second kappa shape index (κ2) is 11.4. The van der Waals surface area contributed by atoms with Crippen LogP contribution in [0, 0.1) is 18.3 Å². The Morgan fingerprint density at radius 3 is 2.22 bits per heavy atom. The summed E-state index contributed by atoms with van der Waals surface area (Å²) in [6.45, 7) is 3.62. The van der Waals surface area contributed by atoms with E-state index in [9.17, 15) is 14.9 Å². The van der Waals surface area contributed by atoms with E-state index in [2.05, 4.69) is 0 Å². The first-order chi connectivity index (χ1) is 19.8. The number of aromatic nitrogens is 2. The molecule has 0 radical (unpaired) electrons. The Kier molecular flexibility index (Phi) is 7.53. The highest BCUT2D eigenvalue weighted by molar-refractivity contribution is 6.19. The standard InChI is InChI=1S/C33H28N4O4/c1-21-16-27(41-4)14-15-28(21)31-24(20-37(35-31)25-8-6-5-7-9-25)17-29-22(2)30(18-34)33(39)36(32(29)38)19-23-10-12-26(40-3)13-11-23/h5-17,20H,19H2,1-4H3/b29-17+. The maximum absolute atomic E-state index is 13.8. The number of nitrogens with zero attached hydrogens (tertiary/aromatic N) is 4. The first kappa shape index (κ1) is 27.2. The van der Waals surface area contributed by atoms with Crippen LogP contribution >= 0.6 is 0 Å². The SMILES string of the molecule is COc1ccc(CN2C(=O)C(C#N)=C(C)/C(=C\c3cn(-c4ccccc4)nc3-c3ccc(OC)cc3C)C2=O)cc1. The van der Waals surface area contributed by atoms with Crippen molar-refractivity contribution in [1.82, 2.24) is 14.7 Å². The van der Waals surface area contributed by atoms with Gasteiger partial charge in [0.1, 0.15) is 28.8 Å². The van der Waals surface area contributed by atoms with Crippen molar-refractivity contribution in [1.29, 1.82) is 5.26 Å². The summed E-state index contributed by atoms with van der Waals surface area (Å²) >= 11 is 0. The highest BCUT2D eigenvalue weighted by atomic mass is 16.5. The number of nitriles is 1. The minimum Gasteiger partial charge on any atom is -0.497 e. The van der Waals surface area contributed by atoms with E-state index in [0.717, 1.165) is 33.0 Å². The van der Waals surface area contributed by atoms with Crippen LogP contribution < -0.4 is 9.47 Å². The van der Waals surface area contributed by atoms with Gasteiger partial charge in [-0.3, -0.25) is 14.5 Å². The van der Waals surface area contributed by atoms with Crippen LogP contribution in [0.1, 0.15) is 23.6 Å². The number of hydrogen-bond acceptors (Lipinski definition) is 6. The lowest BCUT2D eigenvalue weighted by Crippen LogP contribution is -2.42. The van der Waals surface area contributed by atoms with Crippen LogP contribution in [-0.4, -0.2) is 40.7 Å². The number of ether oxygens (including phenoxy) is 2. The highest BCUT2D eigenvalue weighted by Crippen LogP contribution is 2.34. The van der Waals surface area contributed by atoms with Crippen molar-refractivity contribution in [3.8, 4) is 34.5 Å². The molecule has 8 heteroatoms. The fraction of sp³-hybridized carbons (Fsp3) is 0.152. The van der Waals surface area contributed by atoms with Crippen molar-refractivity contribution < 1.29 is 19.1 Å². The largest absolute Gasteiger partial charge is 0.497 e. The predicted molar refractivity (Wildman–Crippen MR) is 155 cm³/mol. The molecular weight excluding hydrogens is 516 g/mol. The molecule has 0 unspecified atom stereocenters. The van der Waals surface area contributed by atoms with Crippen LogP contribution in [0.15, 0.2) is 95.7 Å². The molecule has 1 aliphatic heterocycles. The molecular formula is C33H28N4O4. The second-order valence-electron chi connectivity index (χ2n) is 9.61. The van der Waals surface area contributed by atoms with Crippen molar-refractivity contribution in [2.45, 2.75) is 20.4 Å². The minimum absolute atomic E-state index is 0.0190. The van der Waals surface area contributed by atoms with Crippen molar-refractivity contribution in [3.63, 3.8) is 0 Å². The van der Waals surface area contributed by atoms with Crippen LogP contribution in [0.4, 0.5) is 0 Å². The van der Waals surface area contributed by atoms with Crippen LogP contribution in [-0.2, 0) is 16.1 Å². The molecule has 204 valence electrons. The number of carbonyl (C=O) groups excluding carboxylic acids is 2. The summed E-state index contributed by atoms with van der Waals surface area (Å²) in [5.74, 6) is 0.290. The van der Waals surface area contributed by atoms with Crippen molar-refractivity contribution in [2.75, 3.05) is 14.2 Å². The molecule has 0 saturated heterocycles. The number of aryl methyl sites for hydroxylation is 1. The average molecular weight is 545 g/mol. The first-order valence-corrected chi connectivity index (χ1v) is 13.0. The zero-order valence-electron chi connectivity index (χ0n) is 23.2. The summed E-state index contributed by atoms with van der Waals surface area (Å²) in [5.41, 5.74) is 5.23. The molecule has 0 aliphatic carbocycles. The van der Waals surface area contributed by atoms with Crippen LogP contribution in [0.2, 0.25) is 0 Å². The van der Waals surface area contributed by atoms with E-state index in [1.54, 1.807) is 56.2 Å². The topological polar surface area (TPSA) is 97.5 Å². The van der Waals surface area contributed by atoms with Crippen LogP contribution in [0.5, 0.6) is 11.5 Å². The Morgan fingerprint density at radius 2 is 1.59 bits per heavy atom. The molecule has 1 aliphatic rings. The van der Waals surface area contributed by atoms with E-state index in [4.69, 9.17) is 14.6 Å². The molecule has 2 heterocycles. The number of para-hydroxylation sites is 1. The fourth-order valence-corrected chi connectivity index (χ4v) is 4.79. The normalized spacial score (nSPS) is 14.4. The Morgan fingerprint density at radius 1 is 0.902 bits per heavy atom. The van der Waals surface area contributed by atoms with E-state index >= 15 is 0 Å². The molecule has 3 aromatic carbocycles. The van der Waals surface area contributed by atoms with Crippen molar-refractivity contribution in [2.24, 2.45) is 0 Å². The molecule has 0 fully saturated rings. The van der Waals surface area contributed by atoms with E-state index in [1.165, 1.54) is 0 Å². The Bertz CT molecular complexity index is 1740. The molecule has 4 aromatic rings. The summed E-state index contributed by atoms with van der Waals surface area (Å²) in [6, 6.07) is 24.5. The van der Waals surface area contributed by atoms with Gasteiger partial charge in [0.05, 0.1) is 26.5 Å². The van der Waals surface area contributed by atoms with Crippen molar-refractivity contribution >= 4 is 17.9 Å². The van der Waals surface area contributed by atoms with Gasteiger partial charge in [0.15, 0.2) is 0 Å². The molecule has 41 heavy (non-hydrogen) atoms. The zero-order chi connectivity index (χ0) is 29.1. The van der Waals surface area contributed by atoms with Gasteiger partial charge in [0.2, 0.25) is 0 Å². The third kappa shape index (κ3) is 5.25. The molecule has 0 bridgehead atoms. The fourth-order valence-electron chi connectivity index (χ4n) is 4.79. The maximum Gasteiger partial charge on any atom is 0.271 e. The van der Waals surface area contributed by atoms with E-state index in [0.29, 0.717) is 22.6 Å². The monoisotopic (exact) mass is 544 g/mol. The summed E-state index contributed by atoms with van der Waals surface area (Å²) in [7, 11) is 3.18. The molecule has 0 saturated carbocycles. The van der Waals surface area contributed by atoms with Gasteiger partial charge < -0.3 is 9.47 Å². The Balaban J connectivity index is 1.64. The predicted octanol–water partition coefficient (Wildman–Crippen LogP) is 5.66. The number of imide groups is 1. The van der Waals surface area contributed by atoms with Gasteiger partial charge in [-0.2, -0.15) is 10.4 Å². The molecule has 8 nitrogen and oxygen atoms in total. The average Bonchev–Trinajstić information content (AvgIpc) is 3.42. The van der Waals surface area contributed by atoms with Gasteiger partial charge in [0, 0.05) is 22.9 Å². The van der Waals surface area contributed by atoms with Crippen LogP contribution in [0.25, 0.3) is 23.0 Å². The molecule has 0 atom stereocenters. The summed E-state index contributed by atoms with van der Waals surface area (Å²) in [4.78, 5) is 28.2. The highest BCUT2D eigenvalue weighted by Gasteiger charge is 2.35. The Labute approximate surface area is 238 Å². The van der Waals surface area contributed by atoms with E-state index in [-0.39, 0.29) is 17.7 Å². The Hall–Kier alpha value is -5.42. The number of methoxy groups -OCH3 is 2. The van der Waals surface area contributed by atoms with Gasteiger partial charge in [-0.1, -0.05) is 30.3 Å². The smallest absolute Gasteiger partial charge is 0.271 e. The number of amides is 2. The number of hydrogen-bond donors (Lipinski definition) is 0. The van der Waals surface area contributed by atoms with Gasteiger partial charge in [-0.25, -0.2) is 4.68 Å². The van der Waals surface area contributed by atoms with Gasteiger partial charge in [0.25, 0.3) is 11.8 Å². The molecule has 5 rings (SSSR count). The first-order valence-electron chi connectivity index (χ1n) is 13.0. The zero-order valence-corrected chi connectivity index (χ0v) is 23.2. The molecule has 1 aromatic heterocycles. The quantitative estimate of drug-likeness (QED) is 0.220. The minimum atomic E-state index is -0.617. The second-order valence-corrected chi connectivity index (χ2v) is 9.61. The van der Waals surface area contributed by atoms with Crippen molar-refractivity contribution in [3.05, 3.63) is 112 Å². The number of benzene rings is 3. The number of rotatable bonds is 7. The van der Waals surface area contributed by atoms with Crippen LogP contribution in [0.3, 0.4) is 0 Å². The summed E-state index contributed by atoms with van der Waals surface area (Å²) < 4.78 is 12.4. The number of carbonyl (C=O) groups is 2.